The summed E-state index contributed by atoms with van der Waals surface area (Å²) in [5.74, 6) is 1.45. The van der Waals surface area contributed by atoms with E-state index in [1.807, 2.05) is 15.8 Å². The number of anilines is 1. The molecule has 7 heteroatoms. The number of rotatable bonds is 2. The fourth-order valence-electron chi connectivity index (χ4n) is 3.78. The van der Waals surface area contributed by atoms with Crippen molar-refractivity contribution in [2.45, 2.75) is 25.9 Å². The summed E-state index contributed by atoms with van der Waals surface area (Å²) in [7, 11) is 1.75. The minimum Gasteiger partial charge on any atom is -0.361 e. The molecule has 0 saturated carbocycles. The summed E-state index contributed by atoms with van der Waals surface area (Å²) < 4.78 is 4.34. The molecule has 0 aliphatic carbocycles. The van der Waals surface area contributed by atoms with Crippen LogP contribution in [0.15, 0.2) is 40.5 Å². The van der Waals surface area contributed by atoms with Crippen LogP contribution < -0.4 is 10.5 Å². The minimum absolute atomic E-state index is 0.0173. The van der Waals surface area contributed by atoms with Crippen LogP contribution in [0.5, 0.6) is 0 Å². The van der Waals surface area contributed by atoms with E-state index in [0.29, 0.717) is 18.4 Å². The third-order valence-electron chi connectivity index (χ3n) is 5.06. The van der Waals surface area contributed by atoms with E-state index in [-0.39, 0.29) is 5.56 Å². The second-order valence-corrected chi connectivity index (χ2v) is 7.48. The van der Waals surface area contributed by atoms with Gasteiger partial charge in [-0.25, -0.2) is 0 Å². The molecule has 3 aromatic heterocycles. The Labute approximate surface area is 148 Å². The molecule has 0 fully saturated rings. The number of hydrogen-bond acceptors (Lipinski definition) is 5. The molecule has 0 saturated heterocycles. The first kappa shape index (κ1) is 14.7. The van der Waals surface area contributed by atoms with Crippen LogP contribution in [0, 0.1) is 0 Å². The number of para-hydroxylation sites is 1. The second-order valence-electron chi connectivity index (χ2n) is 6.56. The molecule has 1 aromatic carbocycles. The minimum atomic E-state index is -0.0173. The highest BCUT2D eigenvalue weighted by atomic mass is 32.1. The number of aromatic nitrogens is 4. The van der Waals surface area contributed by atoms with Gasteiger partial charge in [0.2, 0.25) is 5.78 Å². The monoisotopic (exact) mass is 351 g/mol. The summed E-state index contributed by atoms with van der Waals surface area (Å²) in [6, 6.07) is 10.9. The molecular weight excluding hydrogens is 334 g/mol. The Hall–Kier alpha value is -2.67. The molecule has 5 rings (SSSR count). The first-order valence-electron chi connectivity index (χ1n) is 8.30. The van der Waals surface area contributed by atoms with Crippen molar-refractivity contribution in [1.82, 2.24) is 19.2 Å². The van der Waals surface area contributed by atoms with Gasteiger partial charge in [-0.3, -0.25) is 13.8 Å². The smallest absolute Gasteiger partial charge is 0.272 e. The Kier molecular flexibility index (Phi) is 3.03. The van der Waals surface area contributed by atoms with Crippen molar-refractivity contribution >= 4 is 33.0 Å². The lowest BCUT2D eigenvalue weighted by Gasteiger charge is -2.24. The Bertz CT molecular complexity index is 1170. The summed E-state index contributed by atoms with van der Waals surface area (Å²) in [6.07, 6.45) is 1.04. The van der Waals surface area contributed by atoms with Gasteiger partial charge in [-0.05, 0) is 36.4 Å². The molecule has 4 heterocycles. The summed E-state index contributed by atoms with van der Waals surface area (Å²) in [5.41, 5.74) is 3.51. The fourth-order valence-corrected chi connectivity index (χ4v) is 4.63. The van der Waals surface area contributed by atoms with Crippen LogP contribution in [0.1, 0.15) is 18.3 Å². The molecule has 0 spiro atoms. The highest BCUT2D eigenvalue weighted by Crippen LogP contribution is 2.33. The molecule has 0 unspecified atom stereocenters. The van der Waals surface area contributed by atoms with Crippen LogP contribution >= 0.6 is 11.3 Å². The van der Waals surface area contributed by atoms with Gasteiger partial charge in [0.05, 0.1) is 12.1 Å². The van der Waals surface area contributed by atoms with E-state index >= 15 is 0 Å². The lowest BCUT2D eigenvalue weighted by molar-refractivity contribution is 0.652. The fraction of sp³-hybridized carbons (Fsp3) is 0.278. The maximum absolute atomic E-state index is 12.5. The van der Waals surface area contributed by atoms with Crippen molar-refractivity contribution < 1.29 is 0 Å². The normalized spacial score (nSPS) is 16.9. The van der Waals surface area contributed by atoms with Gasteiger partial charge in [0, 0.05) is 18.8 Å². The van der Waals surface area contributed by atoms with Gasteiger partial charge in [0.25, 0.3) is 5.56 Å². The molecule has 0 bridgehead atoms. The van der Waals surface area contributed by atoms with Crippen molar-refractivity contribution in [1.29, 1.82) is 0 Å². The van der Waals surface area contributed by atoms with Crippen molar-refractivity contribution in [2.75, 3.05) is 4.90 Å². The third kappa shape index (κ3) is 1.99. The van der Waals surface area contributed by atoms with Gasteiger partial charge < -0.3 is 4.90 Å². The lowest BCUT2D eigenvalue weighted by atomic mass is 10.1. The molecule has 25 heavy (non-hydrogen) atoms. The molecule has 0 amide bonds. The maximum atomic E-state index is 12.5. The first-order valence-corrected chi connectivity index (χ1v) is 9.18. The van der Waals surface area contributed by atoms with Crippen LogP contribution in [-0.4, -0.2) is 25.2 Å². The van der Waals surface area contributed by atoms with Gasteiger partial charge >= 0.3 is 0 Å². The Morgan fingerprint density at radius 3 is 2.96 bits per heavy atom. The van der Waals surface area contributed by atoms with E-state index < -0.39 is 0 Å². The molecule has 1 aliphatic heterocycles. The Morgan fingerprint density at radius 1 is 1.24 bits per heavy atom. The zero-order valence-electron chi connectivity index (χ0n) is 14.0. The van der Waals surface area contributed by atoms with Crippen LogP contribution in [0.2, 0.25) is 0 Å². The predicted octanol–water partition coefficient (Wildman–Crippen LogP) is 2.59. The molecule has 0 radical (unpaired) electrons. The quantitative estimate of drug-likeness (QED) is 0.557. The molecule has 6 nitrogen and oxygen atoms in total. The van der Waals surface area contributed by atoms with Gasteiger partial charge in [-0.1, -0.05) is 18.2 Å². The van der Waals surface area contributed by atoms with Crippen LogP contribution in [0.4, 0.5) is 5.69 Å². The van der Waals surface area contributed by atoms with Crippen molar-refractivity contribution in [3.05, 3.63) is 57.5 Å². The number of hydrogen-bond donors (Lipinski definition) is 0. The lowest BCUT2D eigenvalue weighted by Crippen LogP contribution is -2.29. The standard InChI is InChI=1S/C18H17N5OS/c1-11-9-12-5-3-4-6-13(12)22(11)10-15-19-20-18-21(2)17(24)16-14(23(15)18)7-8-25-16/h3-8,11H,9-10H2,1-2H3/t11-/m0/s1. The van der Waals surface area contributed by atoms with E-state index in [9.17, 15) is 4.79 Å². The summed E-state index contributed by atoms with van der Waals surface area (Å²) in [4.78, 5) is 14.8. The summed E-state index contributed by atoms with van der Waals surface area (Å²) in [5, 5.41) is 10.6. The molecule has 1 aliphatic rings. The SMILES string of the molecule is C[C@H]1Cc2ccccc2N1Cc1nnc2n(C)c(=O)c3sccc3n12. The number of thiophene rings is 1. The van der Waals surface area contributed by atoms with E-state index in [4.69, 9.17) is 0 Å². The molecule has 4 aromatic rings. The van der Waals surface area contributed by atoms with Gasteiger partial charge in [0.1, 0.15) is 4.70 Å². The van der Waals surface area contributed by atoms with Crippen LogP contribution in [0.3, 0.4) is 0 Å². The number of nitrogens with zero attached hydrogens (tertiary/aromatic N) is 5. The Morgan fingerprint density at radius 2 is 2.08 bits per heavy atom. The summed E-state index contributed by atoms with van der Waals surface area (Å²) in [6.45, 7) is 2.90. The number of benzene rings is 1. The Balaban J connectivity index is 1.69. The largest absolute Gasteiger partial charge is 0.361 e. The van der Waals surface area contributed by atoms with Crippen molar-refractivity contribution in [2.24, 2.45) is 7.05 Å². The molecule has 126 valence electrons. The van der Waals surface area contributed by atoms with Gasteiger partial charge in [-0.2, -0.15) is 0 Å². The third-order valence-corrected chi connectivity index (χ3v) is 5.95. The second kappa shape index (κ2) is 5.16. The van der Waals surface area contributed by atoms with E-state index in [0.717, 1.165) is 22.5 Å². The van der Waals surface area contributed by atoms with E-state index in [1.54, 1.807) is 11.6 Å². The summed E-state index contributed by atoms with van der Waals surface area (Å²) >= 11 is 1.46. The average Bonchev–Trinajstić information content (AvgIpc) is 3.31. The highest BCUT2D eigenvalue weighted by Gasteiger charge is 2.27. The van der Waals surface area contributed by atoms with Crippen molar-refractivity contribution in [3.63, 3.8) is 0 Å². The van der Waals surface area contributed by atoms with Crippen LogP contribution in [-0.2, 0) is 20.0 Å². The van der Waals surface area contributed by atoms with E-state index in [2.05, 4.69) is 46.3 Å². The topological polar surface area (TPSA) is 55.4 Å². The zero-order chi connectivity index (χ0) is 17.1. The maximum Gasteiger partial charge on any atom is 0.272 e. The number of aryl methyl sites for hydroxylation is 1. The predicted molar refractivity (Wildman–Crippen MR) is 99.4 cm³/mol. The zero-order valence-corrected chi connectivity index (χ0v) is 14.8. The van der Waals surface area contributed by atoms with Crippen molar-refractivity contribution in [3.8, 4) is 0 Å². The van der Waals surface area contributed by atoms with E-state index in [1.165, 1.54) is 22.6 Å². The number of fused-ring (bicyclic) bond motifs is 4. The molecule has 1 atom stereocenters. The van der Waals surface area contributed by atoms with Gasteiger partial charge in [0.15, 0.2) is 5.82 Å². The molecular formula is C18H17N5OS. The van der Waals surface area contributed by atoms with Gasteiger partial charge in [-0.15, -0.1) is 21.5 Å². The average molecular weight is 351 g/mol. The first-order chi connectivity index (χ1) is 12.1. The highest BCUT2D eigenvalue weighted by molar-refractivity contribution is 7.17. The molecule has 0 N–H and O–H groups in total. The van der Waals surface area contributed by atoms with Crippen LogP contribution in [0.25, 0.3) is 16.0 Å².